The second-order valence-corrected chi connectivity index (χ2v) is 6.31. The molecule has 0 aliphatic heterocycles. The average molecular weight is 352 g/mol. The first-order valence-corrected chi connectivity index (χ1v) is 7.54. The number of hydrogen-bond acceptors (Lipinski definition) is 4. The largest absolute Gasteiger partial charge is 0.465 e. The Kier molecular flexibility index (Phi) is 4.73. The lowest BCUT2D eigenvalue weighted by molar-refractivity contribution is 0.0601. The van der Waals surface area contributed by atoms with Crippen LogP contribution < -0.4 is 5.73 Å². The van der Waals surface area contributed by atoms with Crippen molar-refractivity contribution in [3.63, 3.8) is 0 Å². The molecular weight excluding hydrogens is 338 g/mol. The summed E-state index contributed by atoms with van der Waals surface area (Å²) in [5.74, 6) is -0.413. The Labute approximate surface area is 130 Å². The molecule has 0 radical (unpaired) electrons. The van der Waals surface area contributed by atoms with Crippen molar-refractivity contribution >= 4 is 39.3 Å². The maximum Gasteiger partial charge on any atom is 0.340 e. The van der Waals surface area contributed by atoms with Crippen LogP contribution in [0.3, 0.4) is 0 Å². The summed E-state index contributed by atoms with van der Waals surface area (Å²) >= 11 is 4.98. The van der Waals surface area contributed by atoms with Crippen molar-refractivity contribution < 1.29 is 9.53 Å². The number of rotatable bonds is 3. The second kappa shape index (κ2) is 6.33. The number of benzene rings is 2. The summed E-state index contributed by atoms with van der Waals surface area (Å²) in [6, 6.07) is 11.7. The van der Waals surface area contributed by atoms with E-state index in [9.17, 15) is 4.79 Å². The van der Waals surface area contributed by atoms with Gasteiger partial charge < -0.3 is 10.5 Å². The standard InChI is InChI=1S/C15H14BrNO2S/c1-9-7-12(8-13(14(9)17)15(18)19-2)20-11-5-3-10(16)4-6-11/h3-8H,17H2,1-2H3. The molecule has 2 aromatic rings. The van der Waals surface area contributed by atoms with Crippen LogP contribution >= 0.6 is 27.7 Å². The number of methoxy groups -OCH3 is 1. The first-order chi connectivity index (χ1) is 9.51. The monoisotopic (exact) mass is 351 g/mol. The number of nitrogens with two attached hydrogens (primary N) is 1. The van der Waals surface area contributed by atoms with Crippen LogP contribution in [-0.4, -0.2) is 13.1 Å². The highest BCUT2D eigenvalue weighted by Crippen LogP contribution is 2.32. The molecule has 0 fully saturated rings. The molecule has 2 aromatic carbocycles. The van der Waals surface area contributed by atoms with Crippen molar-refractivity contribution in [3.05, 3.63) is 52.0 Å². The van der Waals surface area contributed by atoms with E-state index in [1.807, 2.05) is 37.3 Å². The molecule has 20 heavy (non-hydrogen) atoms. The first-order valence-electron chi connectivity index (χ1n) is 5.93. The molecule has 0 saturated carbocycles. The minimum Gasteiger partial charge on any atom is -0.465 e. The molecule has 0 atom stereocenters. The van der Waals surface area contributed by atoms with Gasteiger partial charge in [-0.3, -0.25) is 0 Å². The molecule has 2 rings (SSSR count). The van der Waals surface area contributed by atoms with Crippen LogP contribution in [0, 0.1) is 6.92 Å². The maximum absolute atomic E-state index is 11.7. The number of anilines is 1. The molecule has 0 aliphatic carbocycles. The molecule has 0 aromatic heterocycles. The van der Waals surface area contributed by atoms with Gasteiger partial charge >= 0.3 is 5.97 Å². The minimum atomic E-state index is -0.413. The fourth-order valence-electron chi connectivity index (χ4n) is 1.74. The quantitative estimate of drug-likeness (QED) is 0.662. The van der Waals surface area contributed by atoms with Gasteiger partial charge in [0.05, 0.1) is 12.7 Å². The molecule has 0 aliphatic rings. The van der Waals surface area contributed by atoms with Crippen molar-refractivity contribution in [3.8, 4) is 0 Å². The van der Waals surface area contributed by atoms with Gasteiger partial charge in [0.25, 0.3) is 0 Å². The number of ether oxygens (including phenoxy) is 1. The smallest absolute Gasteiger partial charge is 0.340 e. The van der Waals surface area contributed by atoms with Gasteiger partial charge in [-0.25, -0.2) is 4.79 Å². The minimum absolute atomic E-state index is 0.409. The van der Waals surface area contributed by atoms with Crippen LogP contribution in [0.2, 0.25) is 0 Å². The number of carbonyl (C=O) groups is 1. The Bertz CT molecular complexity index is 641. The fraction of sp³-hybridized carbons (Fsp3) is 0.133. The molecule has 5 heteroatoms. The lowest BCUT2D eigenvalue weighted by atomic mass is 10.1. The lowest BCUT2D eigenvalue weighted by Crippen LogP contribution is -2.07. The summed E-state index contributed by atoms with van der Waals surface area (Å²) in [7, 11) is 1.35. The molecule has 0 unspecified atom stereocenters. The van der Waals surface area contributed by atoms with Crippen molar-refractivity contribution in [2.45, 2.75) is 16.7 Å². The van der Waals surface area contributed by atoms with E-state index in [2.05, 4.69) is 15.9 Å². The Hall–Kier alpha value is -1.46. The molecular formula is C15H14BrNO2S. The van der Waals surface area contributed by atoms with Gasteiger partial charge in [0.1, 0.15) is 0 Å². The van der Waals surface area contributed by atoms with E-state index in [0.29, 0.717) is 11.3 Å². The van der Waals surface area contributed by atoms with E-state index < -0.39 is 5.97 Å². The van der Waals surface area contributed by atoms with Gasteiger partial charge in [0.15, 0.2) is 0 Å². The predicted molar refractivity (Wildman–Crippen MR) is 85.2 cm³/mol. The van der Waals surface area contributed by atoms with E-state index in [1.165, 1.54) is 7.11 Å². The Morgan fingerprint density at radius 2 is 1.85 bits per heavy atom. The zero-order valence-corrected chi connectivity index (χ0v) is 13.5. The second-order valence-electron chi connectivity index (χ2n) is 4.25. The molecule has 0 bridgehead atoms. The highest BCUT2D eigenvalue weighted by Gasteiger charge is 2.13. The number of hydrogen-bond donors (Lipinski definition) is 1. The molecule has 104 valence electrons. The topological polar surface area (TPSA) is 52.3 Å². The summed E-state index contributed by atoms with van der Waals surface area (Å²) in [6.45, 7) is 1.88. The van der Waals surface area contributed by atoms with Crippen molar-refractivity contribution in [2.24, 2.45) is 0 Å². The lowest BCUT2D eigenvalue weighted by Gasteiger charge is -2.10. The zero-order chi connectivity index (χ0) is 14.7. The molecule has 2 N–H and O–H groups in total. The zero-order valence-electron chi connectivity index (χ0n) is 11.1. The number of esters is 1. The third kappa shape index (κ3) is 3.35. The molecule has 0 heterocycles. The third-order valence-electron chi connectivity index (χ3n) is 2.82. The fourth-order valence-corrected chi connectivity index (χ4v) is 2.96. The normalized spacial score (nSPS) is 10.3. The van der Waals surface area contributed by atoms with Crippen LogP contribution in [0.1, 0.15) is 15.9 Å². The Morgan fingerprint density at radius 3 is 2.45 bits per heavy atom. The molecule has 0 saturated heterocycles. The van der Waals surface area contributed by atoms with E-state index in [-0.39, 0.29) is 0 Å². The Balaban J connectivity index is 2.35. The van der Waals surface area contributed by atoms with E-state index in [4.69, 9.17) is 10.5 Å². The van der Waals surface area contributed by atoms with Crippen molar-refractivity contribution in [2.75, 3.05) is 12.8 Å². The van der Waals surface area contributed by atoms with Crippen molar-refractivity contribution in [1.29, 1.82) is 0 Å². The number of carbonyl (C=O) groups excluding carboxylic acids is 1. The summed E-state index contributed by atoms with van der Waals surface area (Å²) in [4.78, 5) is 13.8. The van der Waals surface area contributed by atoms with Gasteiger partial charge in [0.2, 0.25) is 0 Å². The average Bonchev–Trinajstić information content (AvgIpc) is 2.44. The third-order valence-corrected chi connectivity index (χ3v) is 4.32. The predicted octanol–water partition coefficient (Wildman–Crippen LogP) is 4.28. The summed E-state index contributed by atoms with van der Waals surface area (Å²) < 4.78 is 5.79. The number of nitrogen functional groups attached to an aromatic ring is 1. The number of halogens is 1. The van der Waals surface area contributed by atoms with E-state index in [0.717, 1.165) is 19.8 Å². The Morgan fingerprint density at radius 1 is 1.20 bits per heavy atom. The van der Waals surface area contributed by atoms with E-state index in [1.54, 1.807) is 17.8 Å². The van der Waals surface area contributed by atoms with Gasteiger partial charge in [-0.15, -0.1) is 0 Å². The van der Waals surface area contributed by atoms with Gasteiger partial charge in [-0.2, -0.15) is 0 Å². The van der Waals surface area contributed by atoms with Crippen LogP contribution in [0.4, 0.5) is 5.69 Å². The SMILES string of the molecule is COC(=O)c1cc(Sc2ccc(Br)cc2)cc(C)c1N. The first kappa shape index (κ1) is 14.9. The van der Waals surface area contributed by atoms with Gasteiger partial charge in [0, 0.05) is 20.0 Å². The highest BCUT2D eigenvalue weighted by atomic mass is 79.9. The molecule has 3 nitrogen and oxygen atoms in total. The molecule has 0 spiro atoms. The van der Waals surface area contributed by atoms with Crippen molar-refractivity contribution in [1.82, 2.24) is 0 Å². The van der Waals surface area contributed by atoms with Crippen LogP contribution in [0.25, 0.3) is 0 Å². The van der Waals surface area contributed by atoms with E-state index >= 15 is 0 Å². The van der Waals surface area contributed by atoms with Gasteiger partial charge in [-0.05, 0) is 48.9 Å². The number of aryl methyl sites for hydroxylation is 1. The summed E-state index contributed by atoms with van der Waals surface area (Å²) in [5, 5.41) is 0. The molecule has 0 amide bonds. The van der Waals surface area contributed by atoms with Crippen LogP contribution in [-0.2, 0) is 4.74 Å². The summed E-state index contributed by atoms with van der Waals surface area (Å²) in [5.41, 5.74) is 7.67. The van der Waals surface area contributed by atoms with Gasteiger partial charge in [-0.1, -0.05) is 27.7 Å². The van der Waals surface area contributed by atoms with Crippen LogP contribution in [0.5, 0.6) is 0 Å². The van der Waals surface area contributed by atoms with Crippen LogP contribution in [0.15, 0.2) is 50.7 Å². The maximum atomic E-state index is 11.7. The highest BCUT2D eigenvalue weighted by molar-refractivity contribution is 9.10. The summed E-state index contributed by atoms with van der Waals surface area (Å²) in [6.07, 6.45) is 0.